The van der Waals surface area contributed by atoms with Crippen LogP contribution in [0.5, 0.6) is 0 Å². The van der Waals surface area contributed by atoms with Crippen molar-refractivity contribution in [2.75, 3.05) is 0 Å². The molecule has 0 aliphatic rings. The molecule has 3 aromatic rings. The SMILES string of the molecule is CCn1c(S[C@@H](C)c2ccccc2)nc2sc(C)c(C)c2c1=O. The molecule has 1 aromatic carbocycles. The van der Waals surface area contributed by atoms with E-state index in [9.17, 15) is 4.79 Å². The fourth-order valence-electron chi connectivity index (χ4n) is 2.63. The molecule has 0 aliphatic carbocycles. The first-order valence-electron chi connectivity index (χ1n) is 7.75. The van der Waals surface area contributed by atoms with E-state index in [4.69, 9.17) is 4.98 Å². The van der Waals surface area contributed by atoms with Crippen molar-refractivity contribution in [3.8, 4) is 0 Å². The number of rotatable bonds is 4. The fraction of sp³-hybridized carbons (Fsp3) is 0.333. The number of benzene rings is 1. The lowest BCUT2D eigenvalue weighted by molar-refractivity contribution is 0.634. The molecule has 0 amide bonds. The summed E-state index contributed by atoms with van der Waals surface area (Å²) in [5.74, 6) is 0. The summed E-state index contributed by atoms with van der Waals surface area (Å²) in [6.07, 6.45) is 0. The lowest BCUT2D eigenvalue weighted by atomic mass is 10.2. The zero-order valence-electron chi connectivity index (χ0n) is 13.8. The van der Waals surface area contributed by atoms with E-state index < -0.39 is 0 Å². The topological polar surface area (TPSA) is 34.9 Å². The second kappa shape index (κ2) is 6.49. The Balaban J connectivity index is 2.09. The first kappa shape index (κ1) is 16.3. The van der Waals surface area contributed by atoms with Crippen LogP contribution in [0, 0.1) is 13.8 Å². The molecule has 0 saturated heterocycles. The minimum Gasteiger partial charge on any atom is -0.287 e. The molecule has 3 rings (SSSR count). The zero-order chi connectivity index (χ0) is 16.6. The molecule has 0 bridgehead atoms. The molecule has 0 N–H and O–H groups in total. The van der Waals surface area contributed by atoms with Crippen molar-refractivity contribution in [2.45, 2.75) is 44.6 Å². The van der Waals surface area contributed by atoms with Crippen LogP contribution in [-0.2, 0) is 6.54 Å². The zero-order valence-corrected chi connectivity index (χ0v) is 15.4. The molecule has 120 valence electrons. The van der Waals surface area contributed by atoms with Crippen LogP contribution < -0.4 is 5.56 Å². The first-order chi connectivity index (χ1) is 11.0. The quantitative estimate of drug-likeness (QED) is 0.496. The van der Waals surface area contributed by atoms with E-state index in [1.807, 2.05) is 32.0 Å². The third kappa shape index (κ3) is 2.95. The Labute approximate surface area is 144 Å². The Kier molecular flexibility index (Phi) is 4.60. The van der Waals surface area contributed by atoms with Gasteiger partial charge in [-0.3, -0.25) is 9.36 Å². The summed E-state index contributed by atoms with van der Waals surface area (Å²) in [5.41, 5.74) is 2.40. The minimum absolute atomic E-state index is 0.0853. The standard InChI is InChI=1S/C18H20N2OS2/c1-5-20-17(21)15-11(2)12(3)22-16(15)19-18(20)23-13(4)14-9-7-6-8-10-14/h6-10,13H,5H2,1-4H3/t13-/m0/s1. The van der Waals surface area contributed by atoms with E-state index >= 15 is 0 Å². The van der Waals surface area contributed by atoms with Crippen LogP contribution in [0.1, 0.15) is 35.1 Å². The smallest absolute Gasteiger partial charge is 0.263 e. The number of thioether (sulfide) groups is 1. The maximum Gasteiger partial charge on any atom is 0.263 e. The van der Waals surface area contributed by atoms with Crippen LogP contribution in [-0.4, -0.2) is 9.55 Å². The number of nitrogens with zero attached hydrogens (tertiary/aromatic N) is 2. The highest BCUT2D eigenvalue weighted by atomic mass is 32.2. The van der Waals surface area contributed by atoms with Gasteiger partial charge in [-0.25, -0.2) is 4.98 Å². The lowest BCUT2D eigenvalue weighted by Gasteiger charge is -2.15. The molecule has 2 heterocycles. The van der Waals surface area contributed by atoms with Gasteiger partial charge in [-0.1, -0.05) is 42.1 Å². The van der Waals surface area contributed by atoms with Crippen LogP contribution in [0.15, 0.2) is 40.3 Å². The van der Waals surface area contributed by atoms with Gasteiger partial charge >= 0.3 is 0 Å². The Hall–Kier alpha value is -1.59. The second-order valence-electron chi connectivity index (χ2n) is 5.58. The van der Waals surface area contributed by atoms with Gasteiger partial charge in [0, 0.05) is 16.7 Å². The Morgan fingerprint density at radius 1 is 1.26 bits per heavy atom. The molecule has 2 aromatic heterocycles. The van der Waals surface area contributed by atoms with Gasteiger partial charge in [0.2, 0.25) is 0 Å². The molecular formula is C18H20N2OS2. The number of aryl methyl sites for hydroxylation is 2. The van der Waals surface area contributed by atoms with E-state index in [2.05, 4.69) is 26.0 Å². The molecule has 0 radical (unpaired) electrons. The van der Waals surface area contributed by atoms with Crippen molar-refractivity contribution in [1.29, 1.82) is 0 Å². The average Bonchev–Trinajstić information content (AvgIpc) is 2.83. The number of aromatic nitrogens is 2. The van der Waals surface area contributed by atoms with Crippen LogP contribution in [0.4, 0.5) is 0 Å². The highest BCUT2D eigenvalue weighted by Gasteiger charge is 2.18. The van der Waals surface area contributed by atoms with Crippen molar-refractivity contribution in [1.82, 2.24) is 9.55 Å². The summed E-state index contributed by atoms with van der Waals surface area (Å²) in [4.78, 5) is 19.7. The van der Waals surface area contributed by atoms with Crippen molar-refractivity contribution in [2.24, 2.45) is 0 Å². The number of fused-ring (bicyclic) bond motifs is 1. The summed E-state index contributed by atoms with van der Waals surface area (Å²) < 4.78 is 1.80. The summed E-state index contributed by atoms with van der Waals surface area (Å²) in [6.45, 7) is 8.86. The van der Waals surface area contributed by atoms with Gasteiger partial charge in [0.1, 0.15) is 4.83 Å². The van der Waals surface area contributed by atoms with Gasteiger partial charge in [0.25, 0.3) is 5.56 Å². The highest BCUT2D eigenvalue weighted by Crippen LogP contribution is 2.35. The monoisotopic (exact) mass is 344 g/mol. The Bertz CT molecular complexity index is 897. The fourth-order valence-corrected chi connectivity index (χ4v) is 4.80. The molecule has 23 heavy (non-hydrogen) atoms. The van der Waals surface area contributed by atoms with E-state index in [0.29, 0.717) is 6.54 Å². The molecule has 0 saturated carbocycles. The van der Waals surface area contributed by atoms with Crippen molar-refractivity contribution >= 4 is 33.3 Å². The Morgan fingerprint density at radius 3 is 2.61 bits per heavy atom. The predicted molar refractivity (Wildman–Crippen MR) is 99.7 cm³/mol. The number of hydrogen-bond donors (Lipinski definition) is 0. The summed E-state index contributed by atoms with van der Waals surface area (Å²) in [6, 6.07) is 10.3. The van der Waals surface area contributed by atoms with Gasteiger partial charge < -0.3 is 0 Å². The second-order valence-corrected chi connectivity index (χ2v) is 8.09. The minimum atomic E-state index is 0.0853. The Morgan fingerprint density at radius 2 is 1.96 bits per heavy atom. The first-order valence-corrected chi connectivity index (χ1v) is 9.44. The molecule has 1 atom stereocenters. The highest BCUT2D eigenvalue weighted by molar-refractivity contribution is 7.99. The number of thiophene rings is 1. The lowest BCUT2D eigenvalue weighted by Crippen LogP contribution is -2.22. The van der Waals surface area contributed by atoms with Crippen molar-refractivity contribution in [3.05, 3.63) is 56.7 Å². The maximum atomic E-state index is 12.8. The third-order valence-electron chi connectivity index (χ3n) is 4.12. The molecule has 0 unspecified atom stereocenters. The van der Waals surface area contributed by atoms with Gasteiger partial charge in [-0.05, 0) is 38.8 Å². The van der Waals surface area contributed by atoms with Crippen LogP contribution >= 0.6 is 23.1 Å². The molecule has 0 fully saturated rings. The summed E-state index contributed by atoms with van der Waals surface area (Å²) in [5, 5.41) is 1.84. The van der Waals surface area contributed by atoms with Crippen LogP contribution in [0.25, 0.3) is 10.2 Å². The summed E-state index contributed by atoms with van der Waals surface area (Å²) in [7, 11) is 0. The molecule has 0 aliphatic heterocycles. The van der Waals surface area contributed by atoms with Gasteiger partial charge in [-0.15, -0.1) is 11.3 Å². The van der Waals surface area contributed by atoms with E-state index in [1.54, 1.807) is 27.7 Å². The van der Waals surface area contributed by atoms with Gasteiger partial charge in [-0.2, -0.15) is 0 Å². The normalized spacial score (nSPS) is 12.7. The molecular weight excluding hydrogens is 324 g/mol. The van der Waals surface area contributed by atoms with E-state index in [-0.39, 0.29) is 10.8 Å². The third-order valence-corrected chi connectivity index (χ3v) is 6.37. The van der Waals surface area contributed by atoms with Crippen LogP contribution in [0.3, 0.4) is 0 Å². The number of hydrogen-bond acceptors (Lipinski definition) is 4. The van der Waals surface area contributed by atoms with Crippen molar-refractivity contribution in [3.63, 3.8) is 0 Å². The largest absolute Gasteiger partial charge is 0.287 e. The maximum absolute atomic E-state index is 12.8. The van der Waals surface area contributed by atoms with Crippen molar-refractivity contribution < 1.29 is 0 Å². The molecule has 3 nitrogen and oxygen atoms in total. The predicted octanol–water partition coefficient (Wildman–Crippen LogP) is 4.95. The molecule has 5 heteroatoms. The van der Waals surface area contributed by atoms with Crippen LogP contribution in [0.2, 0.25) is 0 Å². The molecule has 0 spiro atoms. The van der Waals surface area contributed by atoms with E-state index in [0.717, 1.165) is 20.9 Å². The van der Waals surface area contributed by atoms with Gasteiger partial charge in [0.05, 0.1) is 5.39 Å². The van der Waals surface area contributed by atoms with Gasteiger partial charge in [0.15, 0.2) is 5.16 Å². The summed E-state index contributed by atoms with van der Waals surface area (Å²) >= 11 is 3.26. The van der Waals surface area contributed by atoms with E-state index in [1.165, 1.54) is 10.4 Å². The average molecular weight is 345 g/mol.